The molecule has 88 valence electrons. The van der Waals surface area contributed by atoms with Crippen LogP contribution in [0, 0.1) is 0 Å². The van der Waals surface area contributed by atoms with E-state index in [4.69, 9.17) is 16.3 Å². The van der Waals surface area contributed by atoms with E-state index in [1.165, 1.54) is 0 Å². The van der Waals surface area contributed by atoms with Gasteiger partial charge >= 0.3 is 0 Å². The summed E-state index contributed by atoms with van der Waals surface area (Å²) in [5.41, 5.74) is 1.02. The normalized spacial score (nSPS) is 14.0. The molecule has 0 saturated carbocycles. The molecular formula is C12H16ClNO2. The van der Waals surface area contributed by atoms with Crippen LogP contribution in [0.25, 0.3) is 0 Å². The molecule has 0 radical (unpaired) electrons. The minimum absolute atomic E-state index is 0.0559. The van der Waals surface area contributed by atoms with E-state index in [-0.39, 0.29) is 11.9 Å². The molecule has 0 aromatic heterocycles. The highest BCUT2D eigenvalue weighted by molar-refractivity contribution is 6.30. The molecule has 0 unspecified atom stereocenters. The van der Waals surface area contributed by atoms with E-state index in [0.717, 1.165) is 11.3 Å². The van der Waals surface area contributed by atoms with E-state index in [1.807, 2.05) is 31.2 Å². The fourth-order valence-electron chi connectivity index (χ4n) is 1.30. The Morgan fingerprint density at radius 1 is 1.31 bits per heavy atom. The van der Waals surface area contributed by atoms with E-state index < -0.39 is 5.38 Å². The summed E-state index contributed by atoms with van der Waals surface area (Å²) in [4.78, 5) is 11.4. The predicted octanol–water partition coefficient (Wildman–Crippen LogP) is 2.50. The summed E-state index contributed by atoms with van der Waals surface area (Å²) in [6, 6.07) is 7.51. The number of nitrogens with one attached hydrogen (secondary N) is 1. The van der Waals surface area contributed by atoms with E-state index in [0.29, 0.717) is 0 Å². The number of halogens is 1. The second kappa shape index (κ2) is 5.75. The van der Waals surface area contributed by atoms with E-state index in [2.05, 4.69) is 5.32 Å². The molecule has 0 aliphatic rings. The average molecular weight is 242 g/mol. The van der Waals surface area contributed by atoms with Crippen LogP contribution in [0.2, 0.25) is 0 Å². The minimum atomic E-state index is -0.513. The van der Waals surface area contributed by atoms with Gasteiger partial charge in [-0.2, -0.15) is 0 Å². The molecule has 4 heteroatoms. The second-order valence-corrected chi connectivity index (χ2v) is 4.27. The highest BCUT2D eigenvalue weighted by Gasteiger charge is 2.13. The van der Waals surface area contributed by atoms with Crippen molar-refractivity contribution in [3.63, 3.8) is 0 Å². The van der Waals surface area contributed by atoms with Gasteiger partial charge in [0.2, 0.25) is 5.91 Å². The number of benzene rings is 1. The standard InChI is InChI=1S/C12H16ClNO2/c1-8(13)12(15)14-9(2)10-4-6-11(16-3)7-5-10/h4-9H,1-3H3,(H,14,15)/t8-,9+/m0/s1. The van der Waals surface area contributed by atoms with Crippen LogP contribution in [0.1, 0.15) is 25.5 Å². The zero-order valence-electron chi connectivity index (χ0n) is 9.66. The van der Waals surface area contributed by atoms with Crippen LogP contribution in [0.4, 0.5) is 0 Å². The molecule has 0 saturated heterocycles. The fraction of sp³-hybridized carbons (Fsp3) is 0.417. The van der Waals surface area contributed by atoms with Crippen LogP contribution in [0.3, 0.4) is 0 Å². The smallest absolute Gasteiger partial charge is 0.238 e. The van der Waals surface area contributed by atoms with Crippen molar-refractivity contribution in [2.75, 3.05) is 7.11 Å². The molecule has 1 N–H and O–H groups in total. The molecule has 0 heterocycles. The molecule has 3 nitrogen and oxygen atoms in total. The Labute approximate surface area is 101 Å². The van der Waals surface area contributed by atoms with Gasteiger partial charge in [0.15, 0.2) is 0 Å². The van der Waals surface area contributed by atoms with E-state index in [9.17, 15) is 4.79 Å². The van der Waals surface area contributed by atoms with Crippen molar-refractivity contribution in [3.8, 4) is 5.75 Å². The molecule has 0 aliphatic carbocycles. The minimum Gasteiger partial charge on any atom is -0.497 e. The first-order valence-electron chi connectivity index (χ1n) is 5.13. The van der Waals surface area contributed by atoms with Crippen molar-refractivity contribution in [1.29, 1.82) is 0 Å². The van der Waals surface area contributed by atoms with Gasteiger partial charge in [0.05, 0.1) is 13.2 Å². The third-order valence-electron chi connectivity index (χ3n) is 2.34. The van der Waals surface area contributed by atoms with Crippen LogP contribution < -0.4 is 10.1 Å². The molecule has 1 aromatic rings. The maximum absolute atomic E-state index is 11.4. The van der Waals surface area contributed by atoms with E-state index in [1.54, 1.807) is 14.0 Å². The lowest BCUT2D eigenvalue weighted by atomic mass is 10.1. The first-order chi connectivity index (χ1) is 7.54. The van der Waals surface area contributed by atoms with Gasteiger partial charge in [0, 0.05) is 0 Å². The number of hydrogen-bond acceptors (Lipinski definition) is 2. The fourth-order valence-corrected chi connectivity index (χ4v) is 1.37. The van der Waals surface area contributed by atoms with Gasteiger partial charge in [-0.15, -0.1) is 11.6 Å². The Morgan fingerprint density at radius 2 is 1.88 bits per heavy atom. The monoisotopic (exact) mass is 241 g/mol. The summed E-state index contributed by atoms with van der Waals surface area (Å²) < 4.78 is 5.06. The number of amides is 1. The maximum Gasteiger partial charge on any atom is 0.238 e. The van der Waals surface area contributed by atoms with Crippen molar-refractivity contribution in [3.05, 3.63) is 29.8 Å². The van der Waals surface area contributed by atoms with Crippen molar-refractivity contribution in [1.82, 2.24) is 5.32 Å². The first-order valence-corrected chi connectivity index (χ1v) is 5.56. The van der Waals surface area contributed by atoms with Crippen LogP contribution >= 0.6 is 11.6 Å². The summed E-state index contributed by atoms with van der Waals surface area (Å²) >= 11 is 5.68. The van der Waals surface area contributed by atoms with Gasteiger partial charge < -0.3 is 10.1 Å². The Kier molecular flexibility index (Phi) is 4.62. The molecular weight excluding hydrogens is 226 g/mol. The number of carbonyl (C=O) groups is 1. The lowest BCUT2D eigenvalue weighted by molar-refractivity contribution is -0.121. The van der Waals surface area contributed by atoms with Gasteiger partial charge in [-0.25, -0.2) is 0 Å². The summed E-state index contributed by atoms with van der Waals surface area (Å²) in [7, 11) is 1.62. The van der Waals surface area contributed by atoms with Crippen LogP contribution in [-0.4, -0.2) is 18.4 Å². The zero-order valence-corrected chi connectivity index (χ0v) is 10.4. The topological polar surface area (TPSA) is 38.3 Å². The average Bonchev–Trinajstić information content (AvgIpc) is 2.28. The second-order valence-electron chi connectivity index (χ2n) is 3.62. The predicted molar refractivity (Wildman–Crippen MR) is 64.9 cm³/mol. The number of carbonyl (C=O) groups excluding carboxylic acids is 1. The number of hydrogen-bond donors (Lipinski definition) is 1. The van der Waals surface area contributed by atoms with Crippen molar-refractivity contribution >= 4 is 17.5 Å². The van der Waals surface area contributed by atoms with Crippen LogP contribution in [0.5, 0.6) is 5.75 Å². The Morgan fingerprint density at radius 3 is 2.31 bits per heavy atom. The zero-order chi connectivity index (χ0) is 12.1. The number of alkyl halides is 1. The maximum atomic E-state index is 11.4. The van der Waals surface area contributed by atoms with Gasteiger partial charge in [0.1, 0.15) is 11.1 Å². The number of methoxy groups -OCH3 is 1. The Hall–Kier alpha value is -1.22. The third kappa shape index (κ3) is 3.42. The van der Waals surface area contributed by atoms with Gasteiger partial charge in [-0.1, -0.05) is 12.1 Å². The van der Waals surface area contributed by atoms with Gasteiger partial charge in [-0.05, 0) is 31.5 Å². The summed E-state index contributed by atoms with van der Waals surface area (Å²) in [5.74, 6) is 0.637. The molecule has 0 bridgehead atoms. The molecule has 1 amide bonds. The lowest BCUT2D eigenvalue weighted by Crippen LogP contribution is -2.31. The van der Waals surface area contributed by atoms with Crippen molar-refractivity contribution in [2.24, 2.45) is 0 Å². The first kappa shape index (κ1) is 12.8. The Bertz CT molecular complexity index is 349. The van der Waals surface area contributed by atoms with Gasteiger partial charge in [-0.3, -0.25) is 4.79 Å². The molecule has 16 heavy (non-hydrogen) atoms. The van der Waals surface area contributed by atoms with E-state index >= 15 is 0 Å². The largest absolute Gasteiger partial charge is 0.497 e. The summed E-state index contributed by atoms with van der Waals surface area (Å²) in [6.07, 6.45) is 0. The molecule has 2 atom stereocenters. The molecule has 0 spiro atoms. The summed E-state index contributed by atoms with van der Waals surface area (Å²) in [6.45, 7) is 3.57. The SMILES string of the molecule is COc1ccc([C@@H](C)NC(=O)[C@H](C)Cl)cc1. The third-order valence-corrected chi connectivity index (χ3v) is 2.53. The van der Waals surface area contributed by atoms with Crippen LogP contribution in [-0.2, 0) is 4.79 Å². The number of rotatable bonds is 4. The molecule has 0 aliphatic heterocycles. The Balaban J connectivity index is 2.65. The highest BCUT2D eigenvalue weighted by Crippen LogP contribution is 2.17. The number of ether oxygens (including phenoxy) is 1. The van der Waals surface area contributed by atoms with Crippen molar-refractivity contribution in [2.45, 2.75) is 25.3 Å². The highest BCUT2D eigenvalue weighted by atomic mass is 35.5. The quantitative estimate of drug-likeness (QED) is 0.823. The van der Waals surface area contributed by atoms with Gasteiger partial charge in [0.25, 0.3) is 0 Å². The van der Waals surface area contributed by atoms with Crippen LogP contribution in [0.15, 0.2) is 24.3 Å². The van der Waals surface area contributed by atoms with Crippen molar-refractivity contribution < 1.29 is 9.53 Å². The molecule has 0 fully saturated rings. The summed E-state index contributed by atoms with van der Waals surface area (Å²) in [5, 5.41) is 2.31. The molecule has 1 aromatic carbocycles. The lowest BCUT2D eigenvalue weighted by Gasteiger charge is -2.15. The molecule has 1 rings (SSSR count).